The van der Waals surface area contributed by atoms with Crippen LogP contribution in [0.3, 0.4) is 0 Å². The van der Waals surface area contributed by atoms with Crippen molar-refractivity contribution in [3.05, 3.63) is 51.5 Å². The van der Waals surface area contributed by atoms with E-state index in [1.54, 1.807) is 15.3 Å². The molecule has 1 saturated heterocycles. The Morgan fingerprint density at radius 2 is 1.69 bits per heavy atom. The second-order valence-corrected chi connectivity index (χ2v) is 11.9. The standard InChI is InChI=1S/C24H28BrN3O3S/c1-16-3-4-17(2)21(13-16)26-9-11-27(12-10-26)32(30,31)23-15-22-19(14-20(23)25)7-8-28(22)24(29)18-5-6-18/h3-4,13-15,18H,5-12H2,1-2H3. The molecule has 6 nitrogen and oxygen atoms in total. The Hall–Kier alpha value is -1.90. The van der Waals surface area contributed by atoms with Crippen LogP contribution in [0.15, 0.2) is 39.7 Å². The van der Waals surface area contributed by atoms with Gasteiger partial charge in [-0.2, -0.15) is 4.31 Å². The van der Waals surface area contributed by atoms with Gasteiger partial charge in [-0.1, -0.05) is 12.1 Å². The maximum Gasteiger partial charge on any atom is 0.244 e. The largest absolute Gasteiger partial charge is 0.369 e. The maximum absolute atomic E-state index is 13.6. The molecule has 8 heteroatoms. The fourth-order valence-corrected chi connectivity index (χ4v) is 7.23. The summed E-state index contributed by atoms with van der Waals surface area (Å²) in [6.07, 6.45) is 2.65. The van der Waals surface area contributed by atoms with Gasteiger partial charge < -0.3 is 9.80 Å². The summed E-state index contributed by atoms with van der Waals surface area (Å²) in [6.45, 7) is 6.97. The lowest BCUT2D eigenvalue weighted by molar-refractivity contribution is -0.119. The van der Waals surface area contributed by atoms with Crippen LogP contribution >= 0.6 is 15.9 Å². The summed E-state index contributed by atoms with van der Waals surface area (Å²) in [5, 5.41) is 0. The Labute approximate surface area is 198 Å². The first-order chi connectivity index (χ1) is 15.3. The van der Waals surface area contributed by atoms with Crippen molar-refractivity contribution in [1.82, 2.24) is 4.31 Å². The number of anilines is 2. The normalized spacial score (nSPS) is 19.3. The van der Waals surface area contributed by atoms with Crippen LogP contribution in [0.2, 0.25) is 0 Å². The van der Waals surface area contributed by atoms with Crippen molar-refractivity contribution in [3.8, 4) is 0 Å². The maximum atomic E-state index is 13.6. The first-order valence-electron chi connectivity index (χ1n) is 11.2. The number of hydrogen-bond acceptors (Lipinski definition) is 4. The zero-order chi connectivity index (χ0) is 22.6. The predicted molar refractivity (Wildman–Crippen MR) is 130 cm³/mol. The molecular weight excluding hydrogens is 490 g/mol. The van der Waals surface area contributed by atoms with Gasteiger partial charge >= 0.3 is 0 Å². The fourth-order valence-electron chi connectivity index (χ4n) is 4.73. The lowest BCUT2D eigenvalue weighted by Crippen LogP contribution is -2.49. The van der Waals surface area contributed by atoms with Crippen molar-refractivity contribution in [2.45, 2.75) is 38.0 Å². The van der Waals surface area contributed by atoms with Crippen LogP contribution in [0.5, 0.6) is 0 Å². The zero-order valence-electron chi connectivity index (χ0n) is 18.5. The average molecular weight is 518 g/mol. The molecule has 2 aromatic rings. The van der Waals surface area contributed by atoms with E-state index in [0.29, 0.717) is 37.2 Å². The predicted octanol–water partition coefficient (Wildman–Crippen LogP) is 3.88. The van der Waals surface area contributed by atoms with Crippen LogP contribution in [-0.4, -0.2) is 51.4 Å². The number of fused-ring (bicyclic) bond motifs is 1. The highest BCUT2D eigenvalue weighted by Gasteiger charge is 2.38. The molecule has 170 valence electrons. The number of carbonyl (C=O) groups is 1. The number of carbonyl (C=O) groups excluding carboxylic acids is 1. The molecule has 0 unspecified atom stereocenters. The van der Waals surface area contributed by atoms with Crippen molar-refractivity contribution in [2.75, 3.05) is 42.5 Å². The molecule has 0 bridgehead atoms. The van der Waals surface area contributed by atoms with Gasteiger partial charge in [-0.3, -0.25) is 4.79 Å². The van der Waals surface area contributed by atoms with Gasteiger partial charge in [0, 0.05) is 54.5 Å². The molecule has 0 aromatic heterocycles. The van der Waals surface area contributed by atoms with Crippen molar-refractivity contribution in [1.29, 1.82) is 0 Å². The molecule has 2 aliphatic heterocycles. The summed E-state index contributed by atoms with van der Waals surface area (Å²) in [4.78, 5) is 17.0. The molecule has 1 amide bonds. The van der Waals surface area contributed by atoms with Gasteiger partial charge in [0.25, 0.3) is 0 Å². The summed E-state index contributed by atoms with van der Waals surface area (Å²) in [6, 6.07) is 9.97. The molecule has 2 aromatic carbocycles. The Morgan fingerprint density at radius 1 is 0.969 bits per heavy atom. The molecule has 3 aliphatic rings. The van der Waals surface area contributed by atoms with E-state index in [9.17, 15) is 13.2 Å². The van der Waals surface area contributed by atoms with E-state index < -0.39 is 10.0 Å². The second kappa shape index (κ2) is 8.15. The van der Waals surface area contributed by atoms with Gasteiger partial charge in [0.05, 0.1) is 4.90 Å². The molecule has 0 spiro atoms. The molecule has 2 heterocycles. The van der Waals surface area contributed by atoms with Crippen molar-refractivity contribution >= 4 is 43.2 Å². The lowest BCUT2D eigenvalue weighted by atomic mass is 10.1. The number of piperazine rings is 1. The van der Waals surface area contributed by atoms with E-state index in [-0.39, 0.29) is 16.7 Å². The van der Waals surface area contributed by atoms with E-state index in [1.165, 1.54) is 16.8 Å². The quantitative estimate of drug-likeness (QED) is 0.617. The van der Waals surface area contributed by atoms with E-state index >= 15 is 0 Å². The van der Waals surface area contributed by atoms with Gasteiger partial charge in [0.1, 0.15) is 0 Å². The molecule has 1 saturated carbocycles. The molecular formula is C24H28BrN3O3S. The van der Waals surface area contributed by atoms with Gasteiger partial charge in [-0.05, 0) is 83.9 Å². The van der Waals surface area contributed by atoms with Gasteiger partial charge in [0.2, 0.25) is 15.9 Å². The van der Waals surface area contributed by atoms with E-state index in [4.69, 9.17) is 0 Å². The van der Waals surface area contributed by atoms with Gasteiger partial charge in [-0.15, -0.1) is 0 Å². The molecule has 2 fully saturated rings. The highest BCUT2D eigenvalue weighted by Crippen LogP contribution is 2.40. The summed E-state index contributed by atoms with van der Waals surface area (Å²) in [5.74, 6) is 0.249. The van der Waals surface area contributed by atoms with Crippen molar-refractivity contribution in [2.24, 2.45) is 5.92 Å². The van der Waals surface area contributed by atoms with Crippen LogP contribution in [0.1, 0.15) is 29.5 Å². The lowest BCUT2D eigenvalue weighted by Gasteiger charge is -2.36. The van der Waals surface area contributed by atoms with E-state index in [1.807, 2.05) is 6.07 Å². The molecule has 0 N–H and O–H groups in total. The van der Waals surface area contributed by atoms with E-state index in [0.717, 1.165) is 30.5 Å². The average Bonchev–Trinajstić information content (AvgIpc) is 3.54. The monoisotopic (exact) mass is 517 g/mol. The summed E-state index contributed by atoms with van der Waals surface area (Å²) < 4.78 is 29.3. The Morgan fingerprint density at radius 3 is 2.38 bits per heavy atom. The topological polar surface area (TPSA) is 60.9 Å². The first kappa shape index (κ1) is 21.9. The number of benzene rings is 2. The fraction of sp³-hybridized carbons (Fsp3) is 0.458. The number of aryl methyl sites for hydroxylation is 2. The van der Waals surface area contributed by atoms with Gasteiger partial charge in [-0.25, -0.2) is 8.42 Å². The Bertz CT molecular complexity index is 1190. The van der Waals surface area contributed by atoms with Crippen LogP contribution in [0, 0.1) is 19.8 Å². The number of hydrogen-bond donors (Lipinski definition) is 0. The third-order valence-corrected chi connectivity index (χ3v) is 9.64. The van der Waals surface area contributed by atoms with E-state index in [2.05, 4.69) is 52.9 Å². The van der Waals surface area contributed by atoms with Crippen LogP contribution in [-0.2, 0) is 21.2 Å². The van der Waals surface area contributed by atoms with Crippen molar-refractivity contribution in [3.63, 3.8) is 0 Å². The molecule has 5 rings (SSSR count). The van der Waals surface area contributed by atoms with Crippen molar-refractivity contribution < 1.29 is 13.2 Å². The SMILES string of the molecule is Cc1ccc(C)c(N2CCN(S(=O)(=O)c3cc4c(cc3Br)CCN4C(=O)C3CC3)CC2)c1. The molecule has 0 atom stereocenters. The van der Waals surface area contributed by atoms with Crippen LogP contribution in [0.4, 0.5) is 11.4 Å². The summed E-state index contributed by atoms with van der Waals surface area (Å²) in [5.41, 5.74) is 5.37. The van der Waals surface area contributed by atoms with Crippen LogP contribution in [0.25, 0.3) is 0 Å². The number of sulfonamides is 1. The second-order valence-electron chi connectivity index (χ2n) is 9.11. The first-order valence-corrected chi connectivity index (χ1v) is 13.4. The summed E-state index contributed by atoms with van der Waals surface area (Å²) in [7, 11) is -3.67. The minimum atomic E-state index is -3.67. The Balaban J connectivity index is 1.38. The number of halogens is 1. The smallest absolute Gasteiger partial charge is 0.244 e. The highest BCUT2D eigenvalue weighted by atomic mass is 79.9. The van der Waals surface area contributed by atoms with Gasteiger partial charge in [0.15, 0.2) is 0 Å². The number of nitrogens with zero attached hydrogens (tertiary/aromatic N) is 3. The number of rotatable bonds is 4. The summed E-state index contributed by atoms with van der Waals surface area (Å²) >= 11 is 3.50. The minimum absolute atomic E-state index is 0.114. The third kappa shape index (κ3) is 3.86. The highest BCUT2D eigenvalue weighted by molar-refractivity contribution is 9.10. The third-order valence-electron chi connectivity index (χ3n) is 6.78. The zero-order valence-corrected chi connectivity index (χ0v) is 20.9. The minimum Gasteiger partial charge on any atom is -0.369 e. The molecule has 1 aliphatic carbocycles. The number of amides is 1. The molecule has 32 heavy (non-hydrogen) atoms. The molecule has 0 radical (unpaired) electrons. The Kier molecular flexibility index (Phi) is 5.58. The van der Waals surface area contributed by atoms with Crippen LogP contribution < -0.4 is 9.80 Å².